The molecular formula is C22H40N6O. The number of nitrogens with zero attached hydrogens (tertiary/aromatic N) is 4. The second-order valence-corrected chi connectivity index (χ2v) is 8.67. The summed E-state index contributed by atoms with van der Waals surface area (Å²) in [4.78, 5) is 12.0. The first-order chi connectivity index (χ1) is 14.2. The minimum absolute atomic E-state index is 0.256. The average molecular weight is 405 g/mol. The van der Waals surface area contributed by atoms with Gasteiger partial charge in [0.25, 0.3) is 0 Å². The predicted molar refractivity (Wildman–Crippen MR) is 119 cm³/mol. The maximum Gasteiger partial charge on any atom is 0.191 e. The first-order valence-electron chi connectivity index (χ1n) is 11.3. The topological polar surface area (TPSA) is 59.3 Å². The molecule has 0 radical (unpaired) electrons. The van der Waals surface area contributed by atoms with Gasteiger partial charge in [0.1, 0.15) is 5.76 Å². The van der Waals surface area contributed by atoms with Gasteiger partial charge in [-0.1, -0.05) is 13.3 Å². The smallest absolute Gasteiger partial charge is 0.191 e. The van der Waals surface area contributed by atoms with Crippen LogP contribution in [0.2, 0.25) is 0 Å². The number of hydrogen-bond donors (Lipinski definition) is 2. The number of likely N-dealkylation sites (N-methyl/N-ethyl adjacent to an activating group) is 1. The summed E-state index contributed by atoms with van der Waals surface area (Å²) >= 11 is 0. The molecule has 0 amide bonds. The van der Waals surface area contributed by atoms with Crippen molar-refractivity contribution in [3.8, 4) is 0 Å². The first-order valence-corrected chi connectivity index (χ1v) is 11.3. The second-order valence-electron chi connectivity index (χ2n) is 8.67. The summed E-state index contributed by atoms with van der Waals surface area (Å²) in [5.41, 5.74) is 0. The molecule has 1 aromatic heterocycles. The van der Waals surface area contributed by atoms with E-state index in [1.165, 1.54) is 45.4 Å². The quantitative estimate of drug-likeness (QED) is 0.509. The minimum Gasteiger partial charge on any atom is -0.468 e. The number of hydrogen-bond acceptors (Lipinski definition) is 5. The molecule has 3 heterocycles. The van der Waals surface area contributed by atoms with Gasteiger partial charge in [-0.05, 0) is 51.0 Å². The van der Waals surface area contributed by atoms with Crippen LogP contribution in [0.25, 0.3) is 0 Å². The fraction of sp³-hybridized carbons (Fsp3) is 0.773. The van der Waals surface area contributed by atoms with Gasteiger partial charge in [-0.25, -0.2) is 0 Å². The van der Waals surface area contributed by atoms with Crippen LogP contribution in [0.4, 0.5) is 0 Å². The summed E-state index contributed by atoms with van der Waals surface area (Å²) in [6, 6.07) is 4.33. The van der Waals surface area contributed by atoms with Crippen LogP contribution >= 0.6 is 0 Å². The molecule has 0 saturated carbocycles. The number of furan rings is 1. The van der Waals surface area contributed by atoms with E-state index in [4.69, 9.17) is 4.42 Å². The van der Waals surface area contributed by atoms with E-state index < -0.39 is 0 Å². The lowest BCUT2D eigenvalue weighted by atomic mass is 10.1. The van der Waals surface area contributed by atoms with Crippen LogP contribution in [-0.4, -0.2) is 93.7 Å². The third-order valence-corrected chi connectivity index (χ3v) is 6.17. The summed E-state index contributed by atoms with van der Waals surface area (Å²) in [6.45, 7) is 12.2. The maximum absolute atomic E-state index is 5.75. The number of aliphatic imine (C=N–C) groups is 1. The third-order valence-electron chi connectivity index (χ3n) is 6.17. The van der Waals surface area contributed by atoms with Crippen LogP contribution in [0.3, 0.4) is 0 Å². The number of rotatable bonds is 8. The van der Waals surface area contributed by atoms with Crippen molar-refractivity contribution in [2.24, 2.45) is 10.9 Å². The molecule has 164 valence electrons. The first kappa shape index (κ1) is 22.1. The molecule has 3 rings (SSSR count). The molecule has 0 aliphatic carbocycles. The van der Waals surface area contributed by atoms with Gasteiger partial charge in [0.2, 0.25) is 0 Å². The van der Waals surface area contributed by atoms with Gasteiger partial charge in [-0.2, -0.15) is 0 Å². The Morgan fingerprint density at radius 3 is 2.45 bits per heavy atom. The number of piperidine rings is 1. The van der Waals surface area contributed by atoms with Crippen molar-refractivity contribution >= 4 is 5.96 Å². The number of nitrogens with one attached hydrogen (secondary N) is 2. The minimum atomic E-state index is 0.256. The SMILES string of the molecule is CN=C(NCC(C)CN1CCN(C)CC1)NCC(c1ccco1)N1CCCCC1. The van der Waals surface area contributed by atoms with E-state index in [-0.39, 0.29) is 6.04 Å². The third kappa shape index (κ3) is 7.01. The predicted octanol–water partition coefficient (Wildman–Crippen LogP) is 1.86. The molecule has 2 aliphatic rings. The van der Waals surface area contributed by atoms with Crippen molar-refractivity contribution in [1.82, 2.24) is 25.3 Å². The van der Waals surface area contributed by atoms with Crippen LogP contribution in [0, 0.1) is 5.92 Å². The van der Waals surface area contributed by atoms with Gasteiger partial charge in [0.05, 0.1) is 12.3 Å². The summed E-state index contributed by atoms with van der Waals surface area (Å²) in [5.74, 6) is 2.50. The van der Waals surface area contributed by atoms with Crippen molar-refractivity contribution in [2.75, 3.05) is 73.0 Å². The van der Waals surface area contributed by atoms with Crippen molar-refractivity contribution in [1.29, 1.82) is 0 Å². The fourth-order valence-corrected chi connectivity index (χ4v) is 4.34. The lowest BCUT2D eigenvalue weighted by Gasteiger charge is -2.34. The molecule has 2 atom stereocenters. The van der Waals surface area contributed by atoms with Crippen molar-refractivity contribution in [3.05, 3.63) is 24.2 Å². The van der Waals surface area contributed by atoms with Gasteiger partial charge in [0, 0.05) is 52.9 Å². The molecule has 2 unspecified atom stereocenters. The van der Waals surface area contributed by atoms with Gasteiger partial charge in [-0.15, -0.1) is 0 Å². The van der Waals surface area contributed by atoms with Gasteiger partial charge < -0.3 is 24.9 Å². The molecule has 1 aromatic rings. The normalized spacial score (nSPS) is 22.4. The summed E-state index contributed by atoms with van der Waals surface area (Å²) < 4.78 is 5.75. The summed E-state index contributed by atoms with van der Waals surface area (Å²) in [7, 11) is 4.06. The van der Waals surface area contributed by atoms with E-state index in [1.54, 1.807) is 6.26 Å². The van der Waals surface area contributed by atoms with Crippen LogP contribution in [0.5, 0.6) is 0 Å². The standard InChI is InChI=1S/C22H40N6O/c1-19(18-27-13-11-26(3)12-14-27)16-24-22(23-2)25-17-20(21-8-7-15-29-21)28-9-5-4-6-10-28/h7-8,15,19-20H,4-6,9-14,16-18H2,1-3H3,(H2,23,24,25). The monoisotopic (exact) mass is 404 g/mol. The van der Waals surface area contributed by atoms with E-state index in [1.807, 2.05) is 13.1 Å². The lowest BCUT2D eigenvalue weighted by molar-refractivity contribution is 0.139. The van der Waals surface area contributed by atoms with E-state index in [2.05, 4.69) is 50.4 Å². The van der Waals surface area contributed by atoms with Crippen LogP contribution in [0.15, 0.2) is 27.8 Å². The van der Waals surface area contributed by atoms with Crippen molar-refractivity contribution in [2.45, 2.75) is 32.2 Å². The Hall–Kier alpha value is -1.57. The Balaban J connectivity index is 1.44. The van der Waals surface area contributed by atoms with Crippen molar-refractivity contribution in [3.63, 3.8) is 0 Å². The molecule has 0 aromatic carbocycles. The highest BCUT2D eigenvalue weighted by Gasteiger charge is 2.24. The largest absolute Gasteiger partial charge is 0.468 e. The zero-order chi connectivity index (χ0) is 20.5. The lowest BCUT2D eigenvalue weighted by Crippen LogP contribution is -2.48. The number of piperazine rings is 1. The van der Waals surface area contributed by atoms with Crippen LogP contribution in [-0.2, 0) is 0 Å². The summed E-state index contributed by atoms with van der Waals surface area (Å²) in [6.07, 6.45) is 5.66. The Morgan fingerprint density at radius 1 is 1.07 bits per heavy atom. The molecule has 29 heavy (non-hydrogen) atoms. The van der Waals surface area contributed by atoms with E-state index >= 15 is 0 Å². The Kier molecular flexibility index (Phi) is 8.83. The van der Waals surface area contributed by atoms with Crippen molar-refractivity contribution < 1.29 is 4.42 Å². The van der Waals surface area contributed by atoms with Gasteiger partial charge >= 0.3 is 0 Å². The highest BCUT2D eigenvalue weighted by atomic mass is 16.3. The molecule has 2 N–H and O–H groups in total. The molecule has 2 aliphatic heterocycles. The van der Waals surface area contributed by atoms with Gasteiger partial charge in [-0.3, -0.25) is 9.89 Å². The zero-order valence-corrected chi connectivity index (χ0v) is 18.6. The Bertz CT molecular complexity index is 590. The van der Waals surface area contributed by atoms with E-state index in [0.29, 0.717) is 5.92 Å². The second kappa shape index (κ2) is 11.6. The number of likely N-dealkylation sites (tertiary alicyclic amines) is 1. The molecular weight excluding hydrogens is 364 g/mol. The molecule has 2 fully saturated rings. The van der Waals surface area contributed by atoms with E-state index in [0.717, 1.165) is 44.4 Å². The molecule has 7 nitrogen and oxygen atoms in total. The van der Waals surface area contributed by atoms with E-state index in [9.17, 15) is 0 Å². The van der Waals surface area contributed by atoms with Gasteiger partial charge in [0.15, 0.2) is 5.96 Å². The molecule has 0 spiro atoms. The number of guanidine groups is 1. The highest BCUT2D eigenvalue weighted by Crippen LogP contribution is 2.24. The fourth-order valence-electron chi connectivity index (χ4n) is 4.34. The van der Waals surface area contributed by atoms with Crippen LogP contribution < -0.4 is 10.6 Å². The maximum atomic E-state index is 5.75. The van der Waals surface area contributed by atoms with Crippen LogP contribution in [0.1, 0.15) is 38.0 Å². The molecule has 7 heteroatoms. The Labute approximate surface area is 176 Å². The Morgan fingerprint density at radius 2 is 1.79 bits per heavy atom. The zero-order valence-electron chi connectivity index (χ0n) is 18.6. The molecule has 2 saturated heterocycles. The average Bonchev–Trinajstić information content (AvgIpc) is 3.27. The summed E-state index contributed by atoms with van der Waals surface area (Å²) in [5, 5.41) is 7.06. The highest BCUT2D eigenvalue weighted by molar-refractivity contribution is 5.79. The molecule has 0 bridgehead atoms.